The molecule has 0 unspecified atom stereocenters. The lowest BCUT2D eigenvalue weighted by Gasteiger charge is -2.14. The highest BCUT2D eigenvalue weighted by molar-refractivity contribution is 7.21. The van der Waals surface area contributed by atoms with Crippen LogP contribution in [0, 0.1) is 0 Å². The van der Waals surface area contributed by atoms with E-state index in [9.17, 15) is 4.79 Å². The van der Waals surface area contributed by atoms with Gasteiger partial charge in [-0.3, -0.25) is 4.79 Å². The highest BCUT2D eigenvalue weighted by Crippen LogP contribution is 2.39. The highest BCUT2D eigenvalue weighted by atomic mass is 35.5. The van der Waals surface area contributed by atoms with Crippen LogP contribution in [0.1, 0.15) is 10.4 Å². The molecule has 1 aromatic heterocycles. The molecule has 0 fully saturated rings. The van der Waals surface area contributed by atoms with Crippen LogP contribution in [0.15, 0.2) is 54.6 Å². The first-order valence-corrected chi connectivity index (χ1v) is 10.5. The van der Waals surface area contributed by atoms with E-state index in [4.69, 9.17) is 25.8 Å². The van der Waals surface area contributed by atoms with Gasteiger partial charge in [-0.05, 0) is 42.5 Å². The second-order valence-electron chi connectivity index (χ2n) is 6.55. The van der Waals surface area contributed by atoms with Crippen LogP contribution in [-0.4, -0.2) is 32.2 Å². The van der Waals surface area contributed by atoms with Gasteiger partial charge in [0.1, 0.15) is 5.01 Å². The van der Waals surface area contributed by atoms with Gasteiger partial charge in [0, 0.05) is 16.8 Å². The molecule has 0 saturated carbocycles. The number of nitrogens with zero attached hydrogens (tertiary/aromatic N) is 1. The third kappa shape index (κ3) is 4.15. The molecule has 158 valence electrons. The van der Waals surface area contributed by atoms with Crippen molar-refractivity contribution in [3.05, 3.63) is 65.2 Å². The van der Waals surface area contributed by atoms with E-state index in [0.717, 1.165) is 20.8 Å². The Balaban J connectivity index is 1.66. The second kappa shape index (κ2) is 8.83. The normalized spacial score (nSPS) is 10.7. The van der Waals surface area contributed by atoms with Crippen LogP contribution >= 0.6 is 22.9 Å². The number of rotatable bonds is 6. The van der Waals surface area contributed by atoms with Gasteiger partial charge >= 0.3 is 0 Å². The predicted molar refractivity (Wildman–Crippen MR) is 124 cm³/mol. The van der Waals surface area contributed by atoms with Gasteiger partial charge in [0.2, 0.25) is 5.75 Å². The molecule has 1 heterocycles. The average Bonchev–Trinajstić information content (AvgIpc) is 3.23. The molecule has 0 aliphatic heterocycles. The predicted octanol–water partition coefficient (Wildman–Crippen LogP) is 5.89. The second-order valence-corrected chi connectivity index (χ2v) is 7.99. The van der Waals surface area contributed by atoms with Crippen molar-refractivity contribution in [3.63, 3.8) is 0 Å². The molecule has 0 radical (unpaired) electrons. The van der Waals surface area contributed by atoms with Crippen molar-refractivity contribution in [2.45, 2.75) is 0 Å². The number of halogens is 1. The molecule has 0 spiro atoms. The fourth-order valence-corrected chi connectivity index (χ4v) is 4.43. The SMILES string of the molecule is COc1cc(C(=O)Nc2ccc(Cl)c(-c3nc4ccccc4s3)c2)cc(OC)c1OC. The van der Waals surface area contributed by atoms with Crippen LogP contribution in [0.3, 0.4) is 0 Å². The third-order valence-electron chi connectivity index (χ3n) is 4.68. The van der Waals surface area contributed by atoms with Gasteiger partial charge in [-0.2, -0.15) is 0 Å². The van der Waals surface area contributed by atoms with Crippen molar-refractivity contribution in [3.8, 4) is 27.8 Å². The number of fused-ring (bicyclic) bond motifs is 1. The molecule has 0 aliphatic rings. The summed E-state index contributed by atoms with van der Waals surface area (Å²) < 4.78 is 17.0. The van der Waals surface area contributed by atoms with Crippen LogP contribution in [0.2, 0.25) is 5.02 Å². The average molecular weight is 455 g/mol. The minimum absolute atomic E-state index is 0.322. The topological polar surface area (TPSA) is 69.7 Å². The van der Waals surface area contributed by atoms with E-state index in [1.165, 1.54) is 21.3 Å². The van der Waals surface area contributed by atoms with Gasteiger partial charge in [0.15, 0.2) is 11.5 Å². The zero-order chi connectivity index (χ0) is 22.0. The first-order chi connectivity index (χ1) is 15.0. The summed E-state index contributed by atoms with van der Waals surface area (Å²) in [7, 11) is 4.52. The zero-order valence-corrected chi connectivity index (χ0v) is 18.6. The summed E-state index contributed by atoms with van der Waals surface area (Å²) in [5.74, 6) is 0.902. The van der Waals surface area contributed by atoms with Gasteiger partial charge in [0.05, 0.1) is 36.6 Å². The van der Waals surface area contributed by atoms with E-state index >= 15 is 0 Å². The number of carbonyl (C=O) groups excluding carboxylic acids is 1. The smallest absolute Gasteiger partial charge is 0.255 e. The van der Waals surface area contributed by atoms with E-state index in [0.29, 0.717) is 33.5 Å². The van der Waals surface area contributed by atoms with Gasteiger partial charge < -0.3 is 19.5 Å². The van der Waals surface area contributed by atoms with Gasteiger partial charge in [-0.15, -0.1) is 11.3 Å². The third-order valence-corrected chi connectivity index (χ3v) is 6.07. The molecule has 31 heavy (non-hydrogen) atoms. The minimum Gasteiger partial charge on any atom is -0.493 e. The summed E-state index contributed by atoms with van der Waals surface area (Å²) in [5.41, 5.74) is 2.62. The Bertz CT molecular complexity index is 1210. The number of hydrogen-bond donors (Lipinski definition) is 1. The number of ether oxygens (including phenoxy) is 3. The maximum atomic E-state index is 12.9. The molecular formula is C23H19ClN2O4S. The Kier molecular flexibility index (Phi) is 5.97. The summed E-state index contributed by atoms with van der Waals surface area (Å²) in [4.78, 5) is 17.6. The monoisotopic (exact) mass is 454 g/mol. The molecule has 6 nitrogen and oxygen atoms in total. The van der Waals surface area contributed by atoms with Crippen molar-refractivity contribution in [1.29, 1.82) is 0 Å². The molecular weight excluding hydrogens is 436 g/mol. The maximum Gasteiger partial charge on any atom is 0.255 e. The quantitative estimate of drug-likeness (QED) is 0.393. The van der Waals surface area contributed by atoms with Crippen molar-refractivity contribution >= 4 is 44.7 Å². The molecule has 0 atom stereocenters. The van der Waals surface area contributed by atoms with Crippen molar-refractivity contribution in [2.75, 3.05) is 26.6 Å². The summed E-state index contributed by atoms with van der Waals surface area (Å²) >= 11 is 7.98. The number of nitrogens with one attached hydrogen (secondary N) is 1. The van der Waals surface area contributed by atoms with E-state index in [1.54, 1.807) is 35.6 Å². The fraction of sp³-hybridized carbons (Fsp3) is 0.130. The Morgan fingerprint density at radius 1 is 0.968 bits per heavy atom. The number of hydrogen-bond acceptors (Lipinski definition) is 6. The fourth-order valence-electron chi connectivity index (χ4n) is 3.17. The number of thiazole rings is 1. The van der Waals surface area contributed by atoms with Gasteiger partial charge in [-0.25, -0.2) is 4.98 Å². The molecule has 4 rings (SSSR count). The minimum atomic E-state index is -0.322. The van der Waals surface area contributed by atoms with Crippen molar-refractivity contribution < 1.29 is 19.0 Å². The van der Waals surface area contributed by atoms with Crippen LogP contribution in [0.5, 0.6) is 17.2 Å². The van der Waals surface area contributed by atoms with E-state index in [-0.39, 0.29) is 5.91 Å². The highest BCUT2D eigenvalue weighted by Gasteiger charge is 2.18. The Morgan fingerprint density at radius 2 is 1.68 bits per heavy atom. The van der Waals surface area contributed by atoms with E-state index in [1.807, 2.05) is 30.3 Å². The first kappa shape index (κ1) is 21.0. The van der Waals surface area contributed by atoms with E-state index in [2.05, 4.69) is 10.3 Å². The Labute approximate surface area is 188 Å². The van der Waals surface area contributed by atoms with Gasteiger partial charge in [0.25, 0.3) is 5.91 Å². The van der Waals surface area contributed by atoms with Crippen LogP contribution in [0.25, 0.3) is 20.8 Å². The zero-order valence-electron chi connectivity index (χ0n) is 17.1. The molecule has 1 amide bonds. The summed E-state index contributed by atoms with van der Waals surface area (Å²) in [6, 6.07) is 16.4. The largest absolute Gasteiger partial charge is 0.493 e. The number of methoxy groups -OCH3 is 3. The lowest BCUT2D eigenvalue weighted by molar-refractivity contribution is 0.102. The number of aromatic nitrogens is 1. The lowest BCUT2D eigenvalue weighted by atomic mass is 10.1. The first-order valence-electron chi connectivity index (χ1n) is 9.31. The molecule has 4 aromatic rings. The van der Waals surface area contributed by atoms with Crippen molar-refractivity contribution in [2.24, 2.45) is 0 Å². The molecule has 0 bridgehead atoms. The van der Waals surface area contributed by atoms with Crippen LogP contribution < -0.4 is 19.5 Å². The number of para-hydroxylation sites is 1. The number of benzene rings is 3. The molecule has 0 saturated heterocycles. The van der Waals surface area contributed by atoms with Crippen molar-refractivity contribution in [1.82, 2.24) is 4.98 Å². The summed E-state index contributed by atoms with van der Waals surface area (Å²) in [6.45, 7) is 0. The summed E-state index contributed by atoms with van der Waals surface area (Å²) in [6.07, 6.45) is 0. The summed E-state index contributed by atoms with van der Waals surface area (Å²) in [5, 5.41) is 4.24. The number of amides is 1. The molecule has 3 aromatic carbocycles. The Morgan fingerprint density at radius 3 is 2.32 bits per heavy atom. The molecule has 0 aliphatic carbocycles. The maximum absolute atomic E-state index is 12.9. The Hall–Kier alpha value is -3.29. The standard InChI is InChI=1S/C23H19ClN2O4S/c1-28-18-10-13(11-19(29-2)21(18)30-3)22(27)25-14-8-9-16(24)15(12-14)23-26-17-6-4-5-7-20(17)31-23/h4-12H,1-3H3,(H,25,27). The van der Waals surface area contributed by atoms with Gasteiger partial charge in [-0.1, -0.05) is 23.7 Å². The van der Waals surface area contributed by atoms with Crippen LogP contribution in [0.4, 0.5) is 5.69 Å². The van der Waals surface area contributed by atoms with E-state index < -0.39 is 0 Å². The molecule has 8 heteroatoms. The van der Waals surface area contributed by atoms with Crippen LogP contribution in [-0.2, 0) is 0 Å². The molecule has 1 N–H and O–H groups in total. The lowest BCUT2D eigenvalue weighted by Crippen LogP contribution is -2.12. The number of carbonyl (C=O) groups is 1. The number of anilines is 1.